The average molecular weight is 409 g/mol. The number of hydrogen-bond acceptors (Lipinski definition) is 6. The molecule has 0 aliphatic rings. The number of aryl methyl sites for hydroxylation is 1. The van der Waals surface area contributed by atoms with Gasteiger partial charge in [0.2, 0.25) is 0 Å². The van der Waals surface area contributed by atoms with Gasteiger partial charge in [-0.05, 0) is 37.3 Å². The third-order valence-corrected chi connectivity index (χ3v) is 6.34. The number of thiazole rings is 1. The molecule has 0 atom stereocenters. The molecule has 0 bridgehead atoms. The van der Waals surface area contributed by atoms with Crippen LogP contribution in [0.3, 0.4) is 0 Å². The van der Waals surface area contributed by atoms with Crippen molar-refractivity contribution in [3.8, 4) is 27.7 Å². The van der Waals surface area contributed by atoms with Gasteiger partial charge in [-0.15, -0.1) is 21.5 Å². The first-order valence-corrected chi connectivity index (χ1v) is 10.7. The predicted octanol–water partition coefficient (Wildman–Crippen LogP) is 5.21. The summed E-state index contributed by atoms with van der Waals surface area (Å²) in [5.41, 5.74) is 4.48. The normalized spacial score (nSPS) is 11.0. The molecule has 2 heterocycles. The van der Waals surface area contributed by atoms with Gasteiger partial charge in [0.15, 0.2) is 11.0 Å². The second-order valence-corrected chi connectivity index (χ2v) is 8.20. The Bertz CT molecular complexity index is 1090. The molecule has 0 radical (unpaired) electrons. The van der Waals surface area contributed by atoms with Crippen LogP contribution in [-0.2, 0) is 12.8 Å². The van der Waals surface area contributed by atoms with Gasteiger partial charge in [0.05, 0.1) is 12.8 Å². The fraction of sp³-hybridized carbons (Fsp3) is 0.190. The molecule has 0 aliphatic carbocycles. The molecule has 0 fully saturated rings. The second-order valence-electron chi connectivity index (χ2n) is 6.40. The summed E-state index contributed by atoms with van der Waals surface area (Å²) in [7, 11) is 3.65. The van der Waals surface area contributed by atoms with E-state index in [1.807, 2.05) is 35.9 Å². The third-order valence-electron chi connectivity index (χ3n) is 4.35. The van der Waals surface area contributed by atoms with Crippen molar-refractivity contribution in [2.24, 2.45) is 7.05 Å². The maximum absolute atomic E-state index is 5.22. The molecule has 142 valence electrons. The van der Waals surface area contributed by atoms with Crippen molar-refractivity contribution < 1.29 is 4.74 Å². The summed E-state index contributed by atoms with van der Waals surface area (Å²) in [5, 5.41) is 12.7. The van der Waals surface area contributed by atoms with E-state index < -0.39 is 0 Å². The molecule has 28 heavy (non-hydrogen) atoms. The molecule has 0 unspecified atom stereocenters. The quantitative estimate of drug-likeness (QED) is 0.410. The molecule has 4 rings (SSSR count). The van der Waals surface area contributed by atoms with Crippen LogP contribution < -0.4 is 4.74 Å². The highest BCUT2D eigenvalue weighted by Gasteiger charge is 2.13. The first-order chi connectivity index (χ1) is 13.6. The Morgan fingerprint density at radius 3 is 2.64 bits per heavy atom. The molecule has 2 aromatic carbocycles. The third kappa shape index (κ3) is 3.95. The minimum atomic E-state index is 0.761. The van der Waals surface area contributed by atoms with Gasteiger partial charge in [-0.1, -0.05) is 35.5 Å². The number of methoxy groups -OCH3 is 1. The summed E-state index contributed by atoms with van der Waals surface area (Å²) >= 11 is 3.32. The van der Waals surface area contributed by atoms with Crippen LogP contribution in [0.4, 0.5) is 0 Å². The van der Waals surface area contributed by atoms with Crippen LogP contribution in [0.15, 0.2) is 59.1 Å². The zero-order valence-electron chi connectivity index (χ0n) is 15.9. The van der Waals surface area contributed by atoms with Crippen LogP contribution in [0.5, 0.6) is 5.75 Å². The van der Waals surface area contributed by atoms with Crippen molar-refractivity contribution in [1.29, 1.82) is 0 Å². The van der Waals surface area contributed by atoms with Crippen LogP contribution in [0.25, 0.3) is 22.0 Å². The first-order valence-electron chi connectivity index (χ1n) is 8.82. The van der Waals surface area contributed by atoms with Crippen molar-refractivity contribution in [3.05, 3.63) is 65.2 Å². The van der Waals surface area contributed by atoms with E-state index in [0.717, 1.165) is 38.7 Å². The van der Waals surface area contributed by atoms with Gasteiger partial charge < -0.3 is 9.30 Å². The lowest BCUT2D eigenvalue weighted by Crippen LogP contribution is -1.95. The van der Waals surface area contributed by atoms with Crippen molar-refractivity contribution in [2.75, 3.05) is 7.11 Å². The Labute approximate surface area is 172 Å². The van der Waals surface area contributed by atoms with E-state index in [1.54, 1.807) is 30.2 Å². The van der Waals surface area contributed by atoms with E-state index in [9.17, 15) is 0 Å². The minimum absolute atomic E-state index is 0.761. The number of aromatic nitrogens is 4. The zero-order chi connectivity index (χ0) is 19.5. The smallest absolute Gasteiger partial charge is 0.191 e. The molecule has 0 N–H and O–H groups in total. The zero-order valence-corrected chi connectivity index (χ0v) is 17.5. The Balaban J connectivity index is 1.46. The molecule has 0 spiro atoms. The van der Waals surface area contributed by atoms with Gasteiger partial charge in [0.1, 0.15) is 10.8 Å². The van der Waals surface area contributed by atoms with Crippen molar-refractivity contribution in [1.82, 2.24) is 19.7 Å². The number of hydrogen-bond donors (Lipinski definition) is 0. The van der Waals surface area contributed by atoms with Crippen LogP contribution in [0.2, 0.25) is 0 Å². The molecular formula is C21H20N4OS2. The van der Waals surface area contributed by atoms with E-state index in [4.69, 9.17) is 9.72 Å². The lowest BCUT2D eigenvalue weighted by atomic mass is 10.1. The first kappa shape index (κ1) is 18.7. The maximum atomic E-state index is 5.22. The SMILES string of the molecule is COc1ccc(-c2nnc(SCc3csc(-c4cccc(C)c4)n3)n2C)cc1. The van der Waals surface area contributed by atoms with E-state index >= 15 is 0 Å². The predicted molar refractivity (Wildman–Crippen MR) is 115 cm³/mol. The van der Waals surface area contributed by atoms with Crippen molar-refractivity contribution >= 4 is 23.1 Å². The number of benzene rings is 2. The van der Waals surface area contributed by atoms with Gasteiger partial charge in [0, 0.05) is 29.3 Å². The topological polar surface area (TPSA) is 52.8 Å². The minimum Gasteiger partial charge on any atom is -0.497 e. The van der Waals surface area contributed by atoms with E-state index in [2.05, 4.69) is 46.8 Å². The molecule has 4 aromatic rings. The average Bonchev–Trinajstić information content (AvgIpc) is 3.33. The summed E-state index contributed by atoms with van der Waals surface area (Å²) in [5.74, 6) is 2.43. The van der Waals surface area contributed by atoms with E-state index in [1.165, 1.54) is 11.1 Å². The summed E-state index contributed by atoms with van der Waals surface area (Å²) in [4.78, 5) is 4.78. The number of rotatable bonds is 6. The van der Waals surface area contributed by atoms with Crippen LogP contribution >= 0.6 is 23.1 Å². The molecule has 7 heteroatoms. The number of nitrogens with zero attached hydrogens (tertiary/aromatic N) is 4. The lowest BCUT2D eigenvalue weighted by Gasteiger charge is -2.04. The Kier molecular flexibility index (Phi) is 5.45. The largest absolute Gasteiger partial charge is 0.497 e. The highest BCUT2D eigenvalue weighted by Crippen LogP contribution is 2.29. The Morgan fingerprint density at radius 1 is 1.07 bits per heavy atom. The van der Waals surface area contributed by atoms with Crippen LogP contribution in [-0.4, -0.2) is 26.9 Å². The highest BCUT2D eigenvalue weighted by molar-refractivity contribution is 7.98. The van der Waals surface area contributed by atoms with Crippen molar-refractivity contribution in [3.63, 3.8) is 0 Å². The van der Waals surface area contributed by atoms with E-state index in [-0.39, 0.29) is 0 Å². The van der Waals surface area contributed by atoms with Gasteiger partial charge >= 0.3 is 0 Å². The van der Waals surface area contributed by atoms with Crippen molar-refractivity contribution in [2.45, 2.75) is 17.8 Å². The standard InChI is InChI=1S/C21H20N4OS2/c1-14-5-4-6-16(11-14)20-22-17(12-27-20)13-28-21-24-23-19(25(21)2)15-7-9-18(26-3)10-8-15/h4-12H,13H2,1-3H3. The molecule has 2 aromatic heterocycles. The second kappa shape index (κ2) is 8.16. The van der Waals surface area contributed by atoms with E-state index in [0.29, 0.717) is 0 Å². The summed E-state index contributed by atoms with van der Waals surface area (Å²) in [6.45, 7) is 2.10. The molecular weight excluding hydrogens is 388 g/mol. The molecule has 0 aliphatic heterocycles. The van der Waals surface area contributed by atoms with Gasteiger partial charge in [-0.2, -0.15) is 0 Å². The van der Waals surface area contributed by atoms with Crippen LogP contribution in [0, 0.1) is 6.92 Å². The monoisotopic (exact) mass is 408 g/mol. The Hall–Kier alpha value is -2.64. The Morgan fingerprint density at radius 2 is 1.89 bits per heavy atom. The van der Waals surface area contributed by atoms with Gasteiger partial charge in [-0.25, -0.2) is 4.98 Å². The number of thioether (sulfide) groups is 1. The van der Waals surface area contributed by atoms with Gasteiger partial charge in [-0.3, -0.25) is 0 Å². The summed E-state index contributed by atoms with van der Waals surface area (Å²) in [6, 6.07) is 16.3. The lowest BCUT2D eigenvalue weighted by molar-refractivity contribution is 0.415. The summed E-state index contributed by atoms with van der Waals surface area (Å²) < 4.78 is 7.23. The molecule has 0 saturated heterocycles. The maximum Gasteiger partial charge on any atom is 0.191 e. The number of ether oxygens (including phenoxy) is 1. The fourth-order valence-electron chi connectivity index (χ4n) is 2.85. The molecule has 0 saturated carbocycles. The summed E-state index contributed by atoms with van der Waals surface area (Å²) in [6.07, 6.45) is 0. The molecule has 0 amide bonds. The van der Waals surface area contributed by atoms with Gasteiger partial charge in [0.25, 0.3) is 0 Å². The molecule has 5 nitrogen and oxygen atoms in total. The highest BCUT2D eigenvalue weighted by atomic mass is 32.2. The fourth-order valence-corrected chi connectivity index (χ4v) is 4.58. The van der Waals surface area contributed by atoms with Crippen LogP contribution in [0.1, 0.15) is 11.3 Å².